The number of anilines is 1. The van der Waals surface area contributed by atoms with Gasteiger partial charge in [-0.2, -0.15) is 5.10 Å². The lowest BCUT2D eigenvalue weighted by molar-refractivity contribution is 0.0647. The fourth-order valence-electron chi connectivity index (χ4n) is 1.58. The number of amides is 1. The summed E-state index contributed by atoms with van der Waals surface area (Å²) in [6, 6.07) is 0.380. The lowest BCUT2D eigenvalue weighted by Crippen LogP contribution is -2.41. The maximum atomic E-state index is 11.8. The molecule has 0 unspecified atom stereocenters. The number of aromatic nitrogens is 2. The third-order valence-corrected chi connectivity index (χ3v) is 2.83. The first-order valence-electron chi connectivity index (χ1n) is 4.76. The van der Waals surface area contributed by atoms with E-state index in [0.29, 0.717) is 17.4 Å². The number of carbonyl (C=O) groups is 1. The van der Waals surface area contributed by atoms with Crippen molar-refractivity contribution in [1.29, 1.82) is 0 Å². The summed E-state index contributed by atoms with van der Waals surface area (Å²) in [6.45, 7) is 0. The van der Waals surface area contributed by atoms with Gasteiger partial charge in [0.25, 0.3) is 5.91 Å². The summed E-state index contributed by atoms with van der Waals surface area (Å²) in [6.07, 6.45) is 4.86. The Morgan fingerprint density at radius 3 is 2.86 bits per heavy atom. The van der Waals surface area contributed by atoms with Gasteiger partial charge in [-0.3, -0.25) is 9.89 Å². The van der Waals surface area contributed by atoms with Crippen molar-refractivity contribution in [2.75, 3.05) is 12.8 Å². The zero-order chi connectivity index (χ0) is 10.1. The van der Waals surface area contributed by atoms with Crippen molar-refractivity contribution in [2.45, 2.75) is 25.3 Å². The molecule has 1 aliphatic rings. The van der Waals surface area contributed by atoms with Crippen LogP contribution in [0.15, 0.2) is 6.20 Å². The highest BCUT2D eigenvalue weighted by molar-refractivity contribution is 5.97. The molecule has 1 fully saturated rings. The van der Waals surface area contributed by atoms with E-state index in [1.54, 1.807) is 4.90 Å². The molecule has 0 saturated heterocycles. The first-order chi connectivity index (χ1) is 6.70. The van der Waals surface area contributed by atoms with Gasteiger partial charge in [0.15, 0.2) is 0 Å². The van der Waals surface area contributed by atoms with E-state index in [1.807, 2.05) is 7.05 Å². The molecule has 76 valence electrons. The molecule has 0 spiro atoms. The largest absolute Gasteiger partial charge is 0.396 e. The van der Waals surface area contributed by atoms with Gasteiger partial charge >= 0.3 is 0 Å². The normalized spacial score (nSPS) is 16.4. The third kappa shape index (κ3) is 1.34. The summed E-state index contributed by atoms with van der Waals surface area (Å²) in [4.78, 5) is 13.6. The Morgan fingerprint density at radius 2 is 2.43 bits per heavy atom. The molecule has 5 heteroatoms. The fourth-order valence-corrected chi connectivity index (χ4v) is 1.58. The van der Waals surface area contributed by atoms with E-state index in [1.165, 1.54) is 12.6 Å². The van der Waals surface area contributed by atoms with Crippen LogP contribution in [-0.2, 0) is 0 Å². The van der Waals surface area contributed by atoms with Crippen LogP contribution in [0.1, 0.15) is 29.8 Å². The smallest absolute Gasteiger partial charge is 0.274 e. The Bertz CT molecular complexity index is 342. The molecule has 1 aliphatic carbocycles. The van der Waals surface area contributed by atoms with Crippen LogP contribution in [-0.4, -0.2) is 34.1 Å². The SMILES string of the molecule is CN(C(=O)c1[nH]ncc1N)C1CCC1. The number of nitrogen functional groups attached to an aromatic ring is 1. The van der Waals surface area contributed by atoms with E-state index in [9.17, 15) is 4.79 Å². The second kappa shape index (κ2) is 3.32. The number of carbonyl (C=O) groups excluding carboxylic acids is 1. The highest BCUT2D eigenvalue weighted by atomic mass is 16.2. The van der Waals surface area contributed by atoms with Gasteiger partial charge in [-0.1, -0.05) is 0 Å². The first-order valence-corrected chi connectivity index (χ1v) is 4.76. The summed E-state index contributed by atoms with van der Waals surface area (Å²) in [5, 5.41) is 6.35. The van der Waals surface area contributed by atoms with Crippen molar-refractivity contribution in [3.8, 4) is 0 Å². The summed E-state index contributed by atoms with van der Waals surface area (Å²) in [5.74, 6) is -0.0651. The van der Waals surface area contributed by atoms with E-state index in [2.05, 4.69) is 10.2 Å². The lowest BCUT2D eigenvalue weighted by atomic mass is 9.92. The van der Waals surface area contributed by atoms with Crippen LogP contribution in [0.2, 0.25) is 0 Å². The van der Waals surface area contributed by atoms with Gasteiger partial charge in [-0.25, -0.2) is 0 Å². The van der Waals surface area contributed by atoms with Gasteiger partial charge in [0.05, 0.1) is 11.9 Å². The van der Waals surface area contributed by atoms with E-state index >= 15 is 0 Å². The number of hydrogen-bond donors (Lipinski definition) is 2. The van der Waals surface area contributed by atoms with Crippen molar-refractivity contribution in [3.63, 3.8) is 0 Å². The van der Waals surface area contributed by atoms with Gasteiger partial charge in [0, 0.05) is 13.1 Å². The molecular weight excluding hydrogens is 180 g/mol. The van der Waals surface area contributed by atoms with E-state index in [0.717, 1.165) is 12.8 Å². The van der Waals surface area contributed by atoms with Crippen molar-refractivity contribution in [1.82, 2.24) is 15.1 Å². The van der Waals surface area contributed by atoms with Crippen LogP contribution in [0.25, 0.3) is 0 Å². The van der Waals surface area contributed by atoms with Gasteiger partial charge in [0.1, 0.15) is 5.69 Å². The van der Waals surface area contributed by atoms with Crippen molar-refractivity contribution in [2.24, 2.45) is 0 Å². The number of aromatic amines is 1. The molecule has 0 aliphatic heterocycles. The first kappa shape index (κ1) is 9.05. The van der Waals surface area contributed by atoms with Crippen LogP contribution >= 0.6 is 0 Å². The molecule has 0 radical (unpaired) electrons. The zero-order valence-corrected chi connectivity index (χ0v) is 8.16. The predicted octanol–water partition coefficient (Wildman–Crippen LogP) is 0.616. The zero-order valence-electron chi connectivity index (χ0n) is 8.16. The number of nitrogens with one attached hydrogen (secondary N) is 1. The Labute approximate surface area is 82.3 Å². The van der Waals surface area contributed by atoms with Crippen LogP contribution in [0.5, 0.6) is 0 Å². The molecule has 1 heterocycles. The maximum absolute atomic E-state index is 11.8. The van der Waals surface area contributed by atoms with Crippen LogP contribution < -0.4 is 5.73 Å². The van der Waals surface area contributed by atoms with E-state index < -0.39 is 0 Å². The minimum atomic E-state index is -0.0651. The second-order valence-corrected chi connectivity index (χ2v) is 3.70. The van der Waals surface area contributed by atoms with Crippen molar-refractivity contribution < 1.29 is 4.79 Å². The Hall–Kier alpha value is -1.52. The second-order valence-electron chi connectivity index (χ2n) is 3.70. The molecule has 3 N–H and O–H groups in total. The summed E-state index contributed by atoms with van der Waals surface area (Å²) >= 11 is 0. The fraction of sp³-hybridized carbons (Fsp3) is 0.556. The monoisotopic (exact) mass is 194 g/mol. The van der Waals surface area contributed by atoms with Crippen LogP contribution in [0, 0.1) is 0 Å². The van der Waals surface area contributed by atoms with Gasteiger partial charge in [0.2, 0.25) is 0 Å². The standard InChI is InChI=1S/C9H14N4O/c1-13(6-3-2-4-6)9(14)8-7(10)5-11-12-8/h5-6H,2-4,10H2,1H3,(H,11,12). The molecule has 1 saturated carbocycles. The van der Waals surface area contributed by atoms with Crippen molar-refractivity contribution in [3.05, 3.63) is 11.9 Å². The Morgan fingerprint density at radius 1 is 1.71 bits per heavy atom. The topological polar surface area (TPSA) is 75.0 Å². The maximum Gasteiger partial charge on any atom is 0.274 e. The number of nitrogens with zero attached hydrogens (tertiary/aromatic N) is 2. The molecule has 0 atom stereocenters. The molecule has 1 amide bonds. The van der Waals surface area contributed by atoms with E-state index in [-0.39, 0.29) is 5.91 Å². The summed E-state index contributed by atoms with van der Waals surface area (Å²) < 4.78 is 0. The number of rotatable bonds is 2. The molecular formula is C9H14N4O. The van der Waals surface area contributed by atoms with Crippen LogP contribution in [0.4, 0.5) is 5.69 Å². The quantitative estimate of drug-likeness (QED) is 0.724. The van der Waals surface area contributed by atoms with E-state index in [4.69, 9.17) is 5.73 Å². The summed E-state index contributed by atoms with van der Waals surface area (Å²) in [7, 11) is 1.81. The molecule has 1 aromatic rings. The van der Waals surface area contributed by atoms with Crippen molar-refractivity contribution >= 4 is 11.6 Å². The van der Waals surface area contributed by atoms with Gasteiger partial charge in [-0.05, 0) is 19.3 Å². The highest BCUT2D eigenvalue weighted by Crippen LogP contribution is 2.25. The van der Waals surface area contributed by atoms with Gasteiger partial charge in [-0.15, -0.1) is 0 Å². The molecule has 5 nitrogen and oxygen atoms in total. The molecule has 0 bridgehead atoms. The average molecular weight is 194 g/mol. The van der Waals surface area contributed by atoms with Crippen LogP contribution in [0.3, 0.4) is 0 Å². The molecule has 14 heavy (non-hydrogen) atoms. The molecule has 0 aromatic carbocycles. The minimum absolute atomic E-state index is 0.0651. The highest BCUT2D eigenvalue weighted by Gasteiger charge is 2.27. The lowest BCUT2D eigenvalue weighted by Gasteiger charge is -2.34. The molecule has 2 rings (SSSR count). The Kier molecular flexibility index (Phi) is 2.15. The molecule has 1 aromatic heterocycles. The number of nitrogens with two attached hydrogens (primary N) is 1. The number of hydrogen-bond acceptors (Lipinski definition) is 3. The Balaban J connectivity index is 2.11. The average Bonchev–Trinajstić information content (AvgIpc) is 2.47. The predicted molar refractivity (Wildman–Crippen MR) is 52.7 cm³/mol. The third-order valence-electron chi connectivity index (χ3n) is 2.83. The minimum Gasteiger partial charge on any atom is -0.396 e. The number of H-pyrrole nitrogens is 1. The van der Waals surface area contributed by atoms with Gasteiger partial charge < -0.3 is 10.6 Å². The summed E-state index contributed by atoms with van der Waals surface area (Å²) in [5.41, 5.74) is 6.42.